The van der Waals surface area contributed by atoms with Crippen molar-refractivity contribution < 1.29 is 8.78 Å². The molecule has 18 heavy (non-hydrogen) atoms. The molecule has 0 aromatic heterocycles. The summed E-state index contributed by atoms with van der Waals surface area (Å²) in [6.07, 6.45) is 0. The smallest absolute Gasteiger partial charge is 0.132 e. The molecule has 0 aliphatic rings. The van der Waals surface area contributed by atoms with E-state index in [1.54, 1.807) is 24.3 Å². The molecule has 3 N–H and O–H groups in total. The Hall–Kier alpha value is -1.30. The van der Waals surface area contributed by atoms with Gasteiger partial charge in [-0.25, -0.2) is 14.2 Å². The maximum Gasteiger partial charge on any atom is 0.132 e. The van der Waals surface area contributed by atoms with Crippen LogP contribution in [0.2, 0.25) is 0 Å². The fourth-order valence-corrected chi connectivity index (χ4v) is 2.22. The SMILES string of the molecule is NNC(c1ccccc1)c1c(F)cc(Br)cc1F. The van der Waals surface area contributed by atoms with Crippen LogP contribution in [-0.4, -0.2) is 0 Å². The number of rotatable bonds is 3. The lowest BCUT2D eigenvalue weighted by Gasteiger charge is -2.18. The Morgan fingerprint density at radius 2 is 1.61 bits per heavy atom. The monoisotopic (exact) mass is 312 g/mol. The van der Waals surface area contributed by atoms with Crippen molar-refractivity contribution in [3.05, 3.63) is 69.7 Å². The second-order valence-electron chi connectivity index (χ2n) is 3.79. The Balaban J connectivity index is 2.52. The molecule has 0 spiro atoms. The minimum Gasteiger partial charge on any atom is -0.271 e. The van der Waals surface area contributed by atoms with Crippen molar-refractivity contribution in [1.29, 1.82) is 0 Å². The topological polar surface area (TPSA) is 38.0 Å². The van der Waals surface area contributed by atoms with E-state index < -0.39 is 17.7 Å². The van der Waals surface area contributed by atoms with Gasteiger partial charge in [0.15, 0.2) is 0 Å². The van der Waals surface area contributed by atoms with Crippen LogP contribution >= 0.6 is 15.9 Å². The van der Waals surface area contributed by atoms with Gasteiger partial charge in [-0.1, -0.05) is 46.3 Å². The molecule has 2 nitrogen and oxygen atoms in total. The molecule has 0 amide bonds. The first-order chi connectivity index (χ1) is 8.63. The molecular weight excluding hydrogens is 302 g/mol. The van der Waals surface area contributed by atoms with E-state index in [4.69, 9.17) is 5.84 Å². The zero-order chi connectivity index (χ0) is 13.1. The molecule has 1 atom stereocenters. The van der Waals surface area contributed by atoms with Crippen LogP contribution < -0.4 is 11.3 Å². The molecule has 0 fully saturated rings. The van der Waals surface area contributed by atoms with Crippen molar-refractivity contribution >= 4 is 15.9 Å². The fraction of sp³-hybridized carbons (Fsp3) is 0.0769. The number of hydrogen-bond acceptors (Lipinski definition) is 2. The molecule has 0 aliphatic heterocycles. The Bertz CT molecular complexity index is 523. The summed E-state index contributed by atoms with van der Waals surface area (Å²) in [6, 6.07) is 10.6. The van der Waals surface area contributed by atoms with Crippen molar-refractivity contribution in [2.75, 3.05) is 0 Å². The van der Waals surface area contributed by atoms with Crippen LogP contribution in [0.1, 0.15) is 17.2 Å². The van der Waals surface area contributed by atoms with Crippen LogP contribution in [0.3, 0.4) is 0 Å². The highest BCUT2D eigenvalue weighted by Crippen LogP contribution is 2.28. The van der Waals surface area contributed by atoms with Gasteiger partial charge in [0.1, 0.15) is 11.6 Å². The predicted molar refractivity (Wildman–Crippen MR) is 69.7 cm³/mol. The largest absolute Gasteiger partial charge is 0.271 e. The van der Waals surface area contributed by atoms with Gasteiger partial charge in [0, 0.05) is 10.0 Å². The van der Waals surface area contributed by atoms with Gasteiger partial charge < -0.3 is 0 Å². The molecule has 5 heteroatoms. The summed E-state index contributed by atoms with van der Waals surface area (Å²) >= 11 is 3.04. The lowest BCUT2D eigenvalue weighted by atomic mass is 9.98. The van der Waals surface area contributed by atoms with Crippen molar-refractivity contribution in [3.63, 3.8) is 0 Å². The predicted octanol–water partition coefficient (Wildman–Crippen LogP) is 3.28. The quantitative estimate of drug-likeness (QED) is 0.674. The van der Waals surface area contributed by atoms with E-state index in [0.29, 0.717) is 10.0 Å². The van der Waals surface area contributed by atoms with Crippen molar-refractivity contribution in [2.24, 2.45) is 5.84 Å². The summed E-state index contributed by atoms with van der Waals surface area (Å²) in [5, 5.41) is 0. The Labute approximate surface area is 112 Å². The van der Waals surface area contributed by atoms with E-state index in [0.717, 1.165) is 0 Å². The lowest BCUT2D eigenvalue weighted by Crippen LogP contribution is -2.30. The van der Waals surface area contributed by atoms with Gasteiger partial charge in [0.2, 0.25) is 0 Å². The molecule has 0 heterocycles. The summed E-state index contributed by atoms with van der Waals surface area (Å²) in [7, 11) is 0. The van der Waals surface area contributed by atoms with Gasteiger partial charge in [-0.2, -0.15) is 0 Å². The molecule has 0 bridgehead atoms. The van der Waals surface area contributed by atoms with Crippen LogP contribution in [0.25, 0.3) is 0 Å². The van der Waals surface area contributed by atoms with Crippen LogP contribution in [0.5, 0.6) is 0 Å². The number of halogens is 3. The first-order valence-electron chi connectivity index (χ1n) is 5.29. The molecule has 2 rings (SSSR count). The molecular formula is C13H11BrF2N2. The van der Waals surface area contributed by atoms with Crippen LogP contribution in [0.15, 0.2) is 46.9 Å². The fourth-order valence-electron chi connectivity index (χ4n) is 1.82. The number of nitrogens with one attached hydrogen (secondary N) is 1. The van der Waals surface area contributed by atoms with Crippen LogP contribution in [0.4, 0.5) is 8.78 Å². The van der Waals surface area contributed by atoms with E-state index in [9.17, 15) is 8.78 Å². The average molecular weight is 313 g/mol. The molecule has 0 radical (unpaired) electrons. The first-order valence-corrected chi connectivity index (χ1v) is 6.08. The van der Waals surface area contributed by atoms with Gasteiger partial charge >= 0.3 is 0 Å². The summed E-state index contributed by atoms with van der Waals surface area (Å²) in [5.74, 6) is 4.13. The molecule has 0 saturated carbocycles. The van der Waals surface area contributed by atoms with E-state index in [-0.39, 0.29) is 5.56 Å². The summed E-state index contributed by atoms with van der Waals surface area (Å²) < 4.78 is 28.1. The van der Waals surface area contributed by atoms with E-state index >= 15 is 0 Å². The number of hydrogen-bond donors (Lipinski definition) is 2. The number of benzene rings is 2. The standard InChI is InChI=1S/C13H11BrF2N2/c14-9-6-10(15)12(11(16)7-9)13(18-17)8-4-2-1-3-5-8/h1-7,13,18H,17H2. The molecule has 2 aromatic carbocycles. The Morgan fingerprint density at radius 1 is 1.06 bits per heavy atom. The van der Waals surface area contributed by atoms with E-state index in [2.05, 4.69) is 21.4 Å². The molecule has 94 valence electrons. The molecule has 0 saturated heterocycles. The minimum atomic E-state index is -0.723. The summed E-state index contributed by atoms with van der Waals surface area (Å²) in [6.45, 7) is 0. The third-order valence-corrected chi connectivity index (χ3v) is 3.09. The third-order valence-electron chi connectivity index (χ3n) is 2.63. The molecule has 2 aromatic rings. The third kappa shape index (κ3) is 2.58. The average Bonchev–Trinajstić information content (AvgIpc) is 2.34. The summed E-state index contributed by atoms with van der Waals surface area (Å²) in [5.41, 5.74) is 3.04. The Kier molecular flexibility index (Phi) is 4.06. The van der Waals surface area contributed by atoms with Gasteiger partial charge in [0.25, 0.3) is 0 Å². The van der Waals surface area contributed by atoms with Gasteiger partial charge in [-0.05, 0) is 17.7 Å². The second kappa shape index (κ2) is 5.56. The zero-order valence-electron chi connectivity index (χ0n) is 9.33. The van der Waals surface area contributed by atoms with E-state index in [1.807, 2.05) is 6.07 Å². The van der Waals surface area contributed by atoms with Crippen LogP contribution in [-0.2, 0) is 0 Å². The van der Waals surface area contributed by atoms with Crippen molar-refractivity contribution in [2.45, 2.75) is 6.04 Å². The molecule has 1 unspecified atom stereocenters. The van der Waals surface area contributed by atoms with Crippen molar-refractivity contribution in [1.82, 2.24) is 5.43 Å². The highest BCUT2D eigenvalue weighted by Gasteiger charge is 2.21. The highest BCUT2D eigenvalue weighted by atomic mass is 79.9. The molecule has 0 aliphatic carbocycles. The minimum absolute atomic E-state index is 0.0908. The van der Waals surface area contributed by atoms with Crippen LogP contribution in [0, 0.1) is 11.6 Å². The number of nitrogens with two attached hydrogens (primary N) is 1. The van der Waals surface area contributed by atoms with E-state index in [1.165, 1.54) is 12.1 Å². The maximum atomic E-state index is 13.9. The lowest BCUT2D eigenvalue weighted by molar-refractivity contribution is 0.509. The van der Waals surface area contributed by atoms with Crippen molar-refractivity contribution in [3.8, 4) is 0 Å². The van der Waals surface area contributed by atoms with Gasteiger partial charge in [-0.3, -0.25) is 5.84 Å². The van der Waals surface area contributed by atoms with Gasteiger partial charge in [-0.15, -0.1) is 0 Å². The normalized spacial score (nSPS) is 12.4. The second-order valence-corrected chi connectivity index (χ2v) is 4.71. The summed E-state index contributed by atoms with van der Waals surface area (Å²) in [4.78, 5) is 0. The maximum absolute atomic E-state index is 13.9. The van der Waals surface area contributed by atoms with Gasteiger partial charge in [0.05, 0.1) is 6.04 Å². The Morgan fingerprint density at radius 3 is 2.11 bits per heavy atom. The highest BCUT2D eigenvalue weighted by molar-refractivity contribution is 9.10. The first kappa shape index (κ1) is 13.1. The zero-order valence-corrected chi connectivity index (χ0v) is 10.9. The number of hydrazine groups is 1.